The Labute approximate surface area is 94.9 Å². The highest BCUT2D eigenvalue weighted by molar-refractivity contribution is 5.03. The van der Waals surface area contributed by atoms with E-state index < -0.39 is 6.17 Å². The van der Waals surface area contributed by atoms with Gasteiger partial charge in [-0.1, -0.05) is 0 Å². The molecule has 0 aliphatic carbocycles. The molecule has 1 aromatic rings. The minimum Gasteiger partial charge on any atom is -0.318 e. The highest BCUT2D eigenvalue weighted by Crippen LogP contribution is 2.21. The van der Waals surface area contributed by atoms with Gasteiger partial charge in [-0.25, -0.2) is 14.4 Å². The average molecular weight is 224 g/mol. The largest absolute Gasteiger partial charge is 0.318 e. The molecular formula is C11H17FN4. The third-order valence-electron chi connectivity index (χ3n) is 2.92. The van der Waals surface area contributed by atoms with Gasteiger partial charge in [0.1, 0.15) is 12.5 Å². The Balaban J connectivity index is 1.97. The molecule has 0 spiro atoms. The molecule has 2 rings (SSSR count). The van der Waals surface area contributed by atoms with Crippen LogP contribution in [-0.4, -0.2) is 47.2 Å². The van der Waals surface area contributed by atoms with Crippen LogP contribution in [0.1, 0.15) is 12.0 Å². The minimum absolute atomic E-state index is 0.278. The van der Waals surface area contributed by atoms with Crippen molar-refractivity contribution in [3.05, 3.63) is 24.3 Å². The van der Waals surface area contributed by atoms with Gasteiger partial charge in [-0.3, -0.25) is 4.90 Å². The first-order valence-corrected chi connectivity index (χ1v) is 5.56. The van der Waals surface area contributed by atoms with Crippen LogP contribution in [0.3, 0.4) is 0 Å². The van der Waals surface area contributed by atoms with Crippen molar-refractivity contribution in [2.24, 2.45) is 0 Å². The van der Waals surface area contributed by atoms with E-state index in [1.165, 1.54) is 6.33 Å². The Bertz CT molecular complexity index is 319. The van der Waals surface area contributed by atoms with Gasteiger partial charge in [0.15, 0.2) is 0 Å². The number of halogens is 1. The quantitative estimate of drug-likeness (QED) is 0.813. The maximum atomic E-state index is 13.3. The summed E-state index contributed by atoms with van der Waals surface area (Å²) in [6.07, 6.45) is 5.00. The number of aromatic nitrogens is 2. The van der Waals surface area contributed by atoms with Crippen molar-refractivity contribution in [2.45, 2.75) is 25.2 Å². The number of likely N-dealkylation sites (tertiary alicyclic amines) is 1. The Morgan fingerprint density at radius 3 is 2.94 bits per heavy atom. The van der Waals surface area contributed by atoms with Gasteiger partial charge < -0.3 is 5.32 Å². The van der Waals surface area contributed by atoms with E-state index in [4.69, 9.17) is 0 Å². The first-order valence-electron chi connectivity index (χ1n) is 5.56. The normalized spacial score (nSPS) is 26.1. The lowest BCUT2D eigenvalue weighted by Gasteiger charge is -2.23. The summed E-state index contributed by atoms with van der Waals surface area (Å²) >= 11 is 0. The van der Waals surface area contributed by atoms with E-state index in [1.807, 2.05) is 7.05 Å². The van der Waals surface area contributed by atoms with E-state index in [-0.39, 0.29) is 6.04 Å². The Kier molecular flexibility index (Phi) is 3.79. The lowest BCUT2D eigenvalue weighted by atomic mass is 10.2. The van der Waals surface area contributed by atoms with E-state index in [0.717, 1.165) is 18.7 Å². The molecule has 2 heterocycles. The van der Waals surface area contributed by atoms with E-state index in [9.17, 15) is 4.39 Å². The SMILES string of the molecule is CNC[C@@H]1C[C@H](F)CN1Cc1cncnc1. The summed E-state index contributed by atoms with van der Waals surface area (Å²) in [4.78, 5) is 10.1. The van der Waals surface area contributed by atoms with Crippen LogP contribution >= 0.6 is 0 Å². The smallest absolute Gasteiger partial charge is 0.115 e. The predicted octanol–water partition coefficient (Wildman–Crippen LogP) is 0.608. The number of nitrogens with zero attached hydrogens (tertiary/aromatic N) is 3. The Morgan fingerprint density at radius 1 is 1.50 bits per heavy atom. The van der Waals surface area contributed by atoms with Crippen LogP contribution in [-0.2, 0) is 6.54 Å². The van der Waals surface area contributed by atoms with Crippen LogP contribution in [0.15, 0.2) is 18.7 Å². The molecule has 0 bridgehead atoms. The molecule has 1 aromatic heterocycles. The monoisotopic (exact) mass is 224 g/mol. The third-order valence-corrected chi connectivity index (χ3v) is 2.92. The summed E-state index contributed by atoms with van der Waals surface area (Å²) in [7, 11) is 1.90. The van der Waals surface area contributed by atoms with Crippen molar-refractivity contribution in [1.29, 1.82) is 0 Å². The molecule has 88 valence electrons. The molecule has 4 nitrogen and oxygen atoms in total. The van der Waals surface area contributed by atoms with Crippen molar-refractivity contribution >= 4 is 0 Å². The molecule has 1 N–H and O–H groups in total. The molecular weight excluding hydrogens is 207 g/mol. The van der Waals surface area contributed by atoms with Crippen molar-refractivity contribution in [3.63, 3.8) is 0 Å². The van der Waals surface area contributed by atoms with Crippen LogP contribution in [0.4, 0.5) is 4.39 Å². The van der Waals surface area contributed by atoms with E-state index in [0.29, 0.717) is 13.0 Å². The van der Waals surface area contributed by atoms with Crippen molar-refractivity contribution in [3.8, 4) is 0 Å². The molecule has 0 radical (unpaired) electrons. The molecule has 1 aliphatic rings. The highest BCUT2D eigenvalue weighted by Gasteiger charge is 2.31. The van der Waals surface area contributed by atoms with Gasteiger partial charge in [0.05, 0.1) is 0 Å². The third kappa shape index (κ3) is 2.74. The molecule has 16 heavy (non-hydrogen) atoms. The van der Waals surface area contributed by atoms with E-state index >= 15 is 0 Å². The van der Waals surface area contributed by atoms with E-state index in [1.54, 1.807) is 12.4 Å². The highest BCUT2D eigenvalue weighted by atomic mass is 19.1. The number of hydrogen-bond donors (Lipinski definition) is 1. The standard InChI is InChI=1S/C11H17FN4/c1-13-5-11-2-10(12)7-16(11)6-9-3-14-8-15-4-9/h3-4,8,10-11,13H,2,5-7H2,1H3/t10-,11-/m0/s1. The van der Waals surface area contributed by atoms with Crippen LogP contribution in [0.5, 0.6) is 0 Å². The lowest BCUT2D eigenvalue weighted by Crippen LogP contribution is -2.36. The zero-order chi connectivity index (χ0) is 11.4. The van der Waals surface area contributed by atoms with Crippen LogP contribution in [0.25, 0.3) is 0 Å². The summed E-state index contributed by atoms with van der Waals surface area (Å²) in [5, 5.41) is 3.11. The molecule has 0 amide bonds. The zero-order valence-corrected chi connectivity index (χ0v) is 9.43. The fourth-order valence-corrected chi connectivity index (χ4v) is 2.21. The number of likely N-dealkylation sites (N-methyl/N-ethyl adjacent to an activating group) is 1. The second kappa shape index (κ2) is 5.32. The zero-order valence-electron chi connectivity index (χ0n) is 9.43. The number of alkyl halides is 1. The summed E-state index contributed by atoms with van der Waals surface area (Å²) < 4.78 is 13.3. The van der Waals surface area contributed by atoms with Gasteiger partial charge in [0.25, 0.3) is 0 Å². The molecule has 5 heteroatoms. The second-order valence-electron chi connectivity index (χ2n) is 4.22. The van der Waals surface area contributed by atoms with Gasteiger partial charge in [-0.05, 0) is 13.5 Å². The molecule has 1 aliphatic heterocycles. The number of nitrogens with one attached hydrogen (secondary N) is 1. The minimum atomic E-state index is -0.706. The van der Waals surface area contributed by atoms with Gasteiger partial charge in [-0.2, -0.15) is 0 Å². The summed E-state index contributed by atoms with van der Waals surface area (Å²) in [5.41, 5.74) is 1.04. The first-order chi connectivity index (χ1) is 7.79. The molecule has 0 aromatic carbocycles. The van der Waals surface area contributed by atoms with Crippen LogP contribution in [0, 0.1) is 0 Å². The number of hydrogen-bond acceptors (Lipinski definition) is 4. The van der Waals surface area contributed by atoms with Gasteiger partial charge in [0.2, 0.25) is 0 Å². The average Bonchev–Trinajstić information content (AvgIpc) is 2.61. The fraction of sp³-hybridized carbons (Fsp3) is 0.636. The summed E-state index contributed by atoms with van der Waals surface area (Å²) in [6.45, 7) is 2.07. The first kappa shape index (κ1) is 11.4. The maximum absolute atomic E-state index is 13.3. The lowest BCUT2D eigenvalue weighted by molar-refractivity contribution is 0.232. The predicted molar refractivity (Wildman–Crippen MR) is 59.7 cm³/mol. The number of rotatable bonds is 4. The van der Waals surface area contributed by atoms with Crippen molar-refractivity contribution in [1.82, 2.24) is 20.2 Å². The van der Waals surface area contributed by atoms with Crippen LogP contribution in [0.2, 0.25) is 0 Å². The second-order valence-corrected chi connectivity index (χ2v) is 4.22. The Hall–Kier alpha value is -1.07. The van der Waals surface area contributed by atoms with Gasteiger partial charge in [0, 0.05) is 43.6 Å². The fourth-order valence-electron chi connectivity index (χ4n) is 2.21. The Morgan fingerprint density at radius 2 is 2.25 bits per heavy atom. The molecule has 1 fully saturated rings. The topological polar surface area (TPSA) is 41.0 Å². The van der Waals surface area contributed by atoms with E-state index in [2.05, 4.69) is 20.2 Å². The van der Waals surface area contributed by atoms with Crippen molar-refractivity contribution in [2.75, 3.05) is 20.1 Å². The van der Waals surface area contributed by atoms with Gasteiger partial charge >= 0.3 is 0 Å². The van der Waals surface area contributed by atoms with Gasteiger partial charge in [-0.15, -0.1) is 0 Å². The summed E-state index contributed by atoms with van der Waals surface area (Å²) in [6, 6.07) is 0.278. The van der Waals surface area contributed by atoms with Crippen LogP contribution < -0.4 is 5.32 Å². The maximum Gasteiger partial charge on any atom is 0.115 e. The summed E-state index contributed by atoms with van der Waals surface area (Å²) in [5.74, 6) is 0. The molecule has 0 unspecified atom stereocenters. The molecule has 2 atom stereocenters. The molecule has 0 saturated carbocycles. The van der Waals surface area contributed by atoms with Crippen molar-refractivity contribution < 1.29 is 4.39 Å². The molecule has 1 saturated heterocycles.